The Hall–Kier alpha value is -4.07. The van der Waals surface area contributed by atoms with Crippen molar-refractivity contribution in [1.29, 1.82) is 0 Å². The molecule has 0 aliphatic heterocycles. The van der Waals surface area contributed by atoms with Crippen LogP contribution in [0.2, 0.25) is 0 Å². The fourth-order valence-electron chi connectivity index (χ4n) is 3.79. The van der Waals surface area contributed by atoms with Gasteiger partial charge in [0.25, 0.3) is 5.82 Å². The largest absolute Gasteiger partial charge is 0.460 e. The zero-order valence-electron chi connectivity index (χ0n) is 16.5. The number of para-hydroxylation sites is 1. The number of nitrogen functional groups attached to an aromatic ring is 1. The summed E-state index contributed by atoms with van der Waals surface area (Å²) in [7, 11) is 0. The molecule has 7 nitrogen and oxygen atoms in total. The van der Waals surface area contributed by atoms with E-state index in [4.69, 9.17) is 10.2 Å². The van der Waals surface area contributed by atoms with Crippen molar-refractivity contribution in [1.82, 2.24) is 15.0 Å². The second-order valence-corrected chi connectivity index (χ2v) is 7.26. The number of hydrogen-bond acceptors (Lipinski definition) is 5. The summed E-state index contributed by atoms with van der Waals surface area (Å²) in [4.78, 5) is 24.7. The maximum atomic E-state index is 13.9. The maximum Gasteiger partial charge on any atom is 0.250 e. The molecule has 0 saturated heterocycles. The van der Waals surface area contributed by atoms with Crippen molar-refractivity contribution in [3.8, 4) is 11.1 Å². The number of rotatable bonds is 5. The molecular weight excluding hydrogens is 397 g/mol. The van der Waals surface area contributed by atoms with Crippen LogP contribution in [0.25, 0.3) is 33.3 Å². The number of benzene rings is 2. The third kappa shape index (κ3) is 3.42. The number of aromatic nitrogens is 4. The van der Waals surface area contributed by atoms with E-state index in [1.165, 1.54) is 12.1 Å². The van der Waals surface area contributed by atoms with Crippen molar-refractivity contribution in [2.45, 2.75) is 19.4 Å². The number of fused-ring (bicyclic) bond motifs is 2. The van der Waals surface area contributed by atoms with E-state index >= 15 is 0 Å². The number of aromatic amines is 1. The third-order valence-electron chi connectivity index (χ3n) is 5.28. The van der Waals surface area contributed by atoms with Crippen LogP contribution in [-0.2, 0) is 13.0 Å². The average molecular weight is 416 g/mol. The Labute approximate surface area is 176 Å². The molecule has 0 amide bonds. The zero-order chi connectivity index (χ0) is 21.4. The molecule has 0 atom stereocenters. The van der Waals surface area contributed by atoms with Crippen LogP contribution >= 0.6 is 0 Å². The minimum absolute atomic E-state index is 0.172. The van der Waals surface area contributed by atoms with Crippen LogP contribution in [0.4, 0.5) is 10.2 Å². The van der Waals surface area contributed by atoms with Crippen LogP contribution in [0.15, 0.2) is 70.4 Å². The van der Waals surface area contributed by atoms with E-state index in [9.17, 15) is 9.18 Å². The Morgan fingerprint density at radius 2 is 2.00 bits per heavy atom. The minimum atomic E-state index is -0.405. The lowest BCUT2D eigenvalue weighted by Gasteiger charge is -2.11. The number of imidazole rings is 1. The Kier molecular flexibility index (Phi) is 4.66. The Morgan fingerprint density at radius 3 is 2.87 bits per heavy atom. The smallest absolute Gasteiger partial charge is 0.250 e. The molecule has 0 unspecified atom stereocenters. The summed E-state index contributed by atoms with van der Waals surface area (Å²) in [5.41, 5.74) is 8.67. The molecule has 0 fully saturated rings. The highest BCUT2D eigenvalue weighted by molar-refractivity contribution is 5.82. The van der Waals surface area contributed by atoms with Gasteiger partial charge in [-0.3, -0.25) is 4.79 Å². The number of halogens is 1. The van der Waals surface area contributed by atoms with Crippen molar-refractivity contribution in [2.75, 3.05) is 5.73 Å². The first-order valence-electron chi connectivity index (χ1n) is 9.89. The lowest BCUT2D eigenvalue weighted by atomic mass is 10.00. The molecule has 31 heavy (non-hydrogen) atoms. The van der Waals surface area contributed by atoms with Crippen LogP contribution < -0.4 is 15.7 Å². The minimum Gasteiger partial charge on any atom is -0.460 e. The summed E-state index contributed by atoms with van der Waals surface area (Å²) in [6.07, 6.45) is 4.31. The van der Waals surface area contributed by atoms with Crippen molar-refractivity contribution in [3.63, 3.8) is 0 Å². The van der Waals surface area contributed by atoms with Gasteiger partial charge in [-0.2, -0.15) is 0 Å². The van der Waals surface area contributed by atoms with E-state index in [2.05, 4.69) is 15.0 Å². The first kappa shape index (κ1) is 18.9. The van der Waals surface area contributed by atoms with E-state index in [1.807, 2.05) is 10.6 Å². The van der Waals surface area contributed by atoms with Gasteiger partial charge in [0.1, 0.15) is 17.2 Å². The first-order valence-corrected chi connectivity index (χ1v) is 9.89. The molecule has 0 bridgehead atoms. The van der Waals surface area contributed by atoms with Crippen molar-refractivity contribution < 1.29 is 13.4 Å². The summed E-state index contributed by atoms with van der Waals surface area (Å²) in [5.74, 6) is 0.622. The standard InChI is InChI=1S/C23H18FN5O2/c24-15-6-3-5-14(11-15)19-18(31-17-8-2-1-7-16(17)21(19)30)9-4-10-29-13-28-23-20(22(29)25)26-12-27-23/h1-3,5-8,11-13H,4,9-10H2,(H2,25,26,27)/p+1. The maximum absolute atomic E-state index is 13.9. The molecule has 0 aliphatic carbocycles. The fraction of sp³-hybridized carbons (Fsp3) is 0.130. The normalized spacial score (nSPS) is 11.4. The van der Waals surface area contributed by atoms with E-state index < -0.39 is 5.82 Å². The molecule has 5 rings (SSSR count). The summed E-state index contributed by atoms with van der Waals surface area (Å²) in [6, 6.07) is 13.1. The number of H-pyrrole nitrogens is 1. The predicted molar refractivity (Wildman–Crippen MR) is 115 cm³/mol. The van der Waals surface area contributed by atoms with Gasteiger partial charge in [-0.25, -0.2) is 13.9 Å². The molecule has 5 aromatic rings. The topological polar surface area (TPSA) is 102 Å². The summed E-state index contributed by atoms with van der Waals surface area (Å²) >= 11 is 0. The molecule has 3 heterocycles. The molecule has 3 aromatic heterocycles. The SMILES string of the molecule is Nc1c2nc[nH]c2nc[n+]1CCCc1oc2ccccc2c(=O)c1-c1cccc(F)c1. The van der Waals surface area contributed by atoms with E-state index in [0.29, 0.717) is 64.2 Å². The van der Waals surface area contributed by atoms with E-state index in [0.717, 1.165) is 0 Å². The van der Waals surface area contributed by atoms with Gasteiger partial charge in [0, 0.05) is 6.42 Å². The highest BCUT2D eigenvalue weighted by Crippen LogP contribution is 2.26. The van der Waals surface area contributed by atoms with Crippen LogP contribution in [0.5, 0.6) is 0 Å². The lowest BCUT2D eigenvalue weighted by Crippen LogP contribution is -2.38. The molecule has 0 spiro atoms. The molecule has 3 N–H and O–H groups in total. The molecule has 0 saturated carbocycles. The lowest BCUT2D eigenvalue weighted by molar-refractivity contribution is -0.684. The van der Waals surface area contributed by atoms with Crippen molar-refractivity contribution in [3.05, 3.63) is 83.0 Å². The predicted octanol–water partition coefficient (Wildman–Crippen LogP) is 3.37. The van der Waals surface area contributed by atoms with Gasteiger partial charge in [0.05, 0.1) is 23.8 Å². The number of hydrogen-bond donors (Lipinski definition) is 2. The van der Waals surface area contributed by atoms with Gasteiger partial charge >= 0.3 is 0 Å². The number of nitrogens with zero attached hydrogens (tertiary/aromatic N) is 3. The zero-order valence-corrected chi connectivity index (χ0v) is 16.5. The quantitative estimate of drug-likeness (QED) is 0.428. The molecule has 154 valence electrons. The Bertz CT molecular complexity index is 1470. The molecule has 8 heteroatoms. The van der Waals surface area contributed by atoms with Gasteiger partial charge in [-0.1, -0.05) is 29.2 Å². The summed E-state index contributed by atoms with van der Waals surface area (Å²) in [6.45, 7) is 0.556. The van der Waals surface area contributed by atoms with Crippen LogP contribution in [0.3, 0.4) is 0 Å². The van der Waals surface area contributed by atoms with Crippen molar-refractivity contribution >= 4 is 28.0 Å². The number of nitrogens with two attached hydrogens (primary N) is 1. The first-order chi connectivity index (χ1) is 15.1. The number of nitrogens with one attached hydrogen (secondary N) is 1. The molecular formula is C23H19FN5O2+. The van der Waals surface area contributed by atoms with E-state index in [1.54, 1.807) is 43.0 Å². The Morgan fingerprint density at radius 1 is 1.13 bits per heavy atom. The molecule has 2 aromatic carbocycles. The number of aryl methyl sites for hydroxylation is 2. The fourth-order valence-corrected chi connectivity index (χ4v) is 3.79. The van der Waals surface area contributed by atoms with Crippen LogP contribution in [0.1, 0.15) is 12.2 Å². The average Bonchev–Trinajstić information content (AvgIpc) is 3.25. The van der Waals surface area contributed by atoms with Crippen LogP contribution in [-0.4, -0.2) is 15.0 Å². The highest BCUT2D eigenvalue weighted by Gasteiger charge is 2.18. The summed E-state index contributed by atoms with van der Waals surface area (Å²) in [5, 5.41) is 0.470. The van der Waals surface area contributed by atoms with Gasteiger partial charge < -0.3 is 15.1 Å². The summed E-state index contributed by atoms with van der Waals surface area (Å²) < 4.78 is 21.8. The van der Waals surface area contributed by atoms with Crippen LogP contribution in [0, 0.1) is 5.82 Å². The monoisotopic (exact) mass is 416 g/mol. The van der Waals surface area contributed by atoms with Gasteiger partial charge in [-0.05, 0) is 36.2 Å². The molecule has 0 aliphatic rings. The van der Waals surface area contributed by atoms with Gasteiger partial charge in [0.15, 0.2) is 5.52 Å². The third-order valence-corrected chi connectivity index (χ3v) is 5.28. The second-order valence-electron chi connectivity index (χ2n) is 7.26. The van der Waals surface area contributed by atoms with E-state index in [-0.39, 0.29) is 5.43 Å². The molecule has 0 radical (unpaired) electrons. The van der Waals surface area contributed by atoms with Gasteiger partial charge in [-0.15, -0.1) is 0 Å². The Balaban J connectivity index is 1.51. The second kappa shape index (κ2) is 7.64. The van der Waals surface area contributed by atoms with Crippen molar-refractivity contribution in [2.24, 2.45) is 0 Å². The number of anilines is 1. The highest BCUT2D eigenvalue weighted by atomic mass is 19.1. The van der Waals surface area contributed by atoms with Gasteiger partial charge in [0.2, 0.25) is 17.4 Å².